The van der Waals surface area contributed by atoms with Crippen LogP contribution in [0.15, 0.2) is 24.3 Å². The van der Waals surface area contributed by atoms with E-state index in [1.54, 1.807) is 0 Å². The standard InChI is InChI=1S/C13H13NO2.CH4/c1-8-6-9(2)13(10(3)7-8)14-11(15)4-5-12(14)16;/h4-7H,1-3H3;1H4. The lowest BCUT2D eigenvalue weighted by molar-refractivity contribution is -0.120. The Morgan fingerprint density at radius 1 is 0.882 bits per heavy atom. The highest BCUT2D eigenvalue weighted by Crippen LogP contribution is 2.28. The van der Waals surface area contributed by atoms with E-state index >= 15 is 0 Å². The van der Waals surface area contributed by atoms with Crippen molar-refractivity contribution >= 4 is 17.5 Å². The Bertz CT molecular complexity index is 474. The first-order valence-corrected chi connectivity index (χ1v) is 5.14. The zero-order chi connectivity index (χ0) is 11.9. The number of amides is 2. The quantitative estimate of drug-likeness (QED) is 0.697. The predicted octanol–water partition coefficient (Wildman–Crippen LogP) is 2.68. The summed E-state index contributed by atoms with van der Waals surface area (Å²) in [5, 5.41) is 0. The minimum atomic E-state index is -0.264. The molecule has 1 aromatic rings. The van der Waals surface area contributed by atoms with E-state index in [0.717, 1.165) is 16.7 Å². The van der Waals surface area contributed by atoms with Crippen LogP contribution in [-0.2, 0) is 9.59 Å². The summed E-state index contributed by atoms with van der Waals surface area (Å²) in [4.78, 5) is 24.4. The number of hydrogen-bond donors (Lipinski definition) is 0. The van der Waals surface area contributed by atoms with Crippen molar-refractivity contribution in [3.8, 4) is 0 Å². The lowest BCUT2D eigenvalue weighted by Gasteiger charge is -2.19. The fourth-order valence-corrected chi connectivity index (χ4v) is 2.15. The van der Waals surface area contributed by atoms with Crippen molar-refractivity contribution in [2.75, 3.05) is 4.90 Å². The molecule has 0 saturated heterocycles. The van der Waals surface area contributed by atoms with Gasteiger partial charge in [-0.15, -0.1) is 0 Å². The molecule has 1 aliphatic rings. The van der Waals surface area contributed by atoms with Crippen LogP contribution in [0.4, 0.5) is 5.69 Å². The molecule has 0 atom stereocenters. The molecule has 0 saturated carbocycles. The molecule has 0 aliphatic carbocycles. The highest BCUT2D eigenvalue weighted by Gasteiger charge is 2.27. The third-order valence-corrected chi connectivity index (χ3v) is 2.67. The van der Waals surface area contributed by atoms with Crippen molar-refractivity contribution in [2.45, 2.75) is 28.2 Å². The number of aryl methyl sites for hydroxylation is 3. The zero-order valence-electron chi connectivity index (χ0n) is 9.57. The summed E-state index contributed by atoms with van der Waals surface area (Å²) in [5.74, 6) is -0.528. The van der Waals surface area contributed by atoms with Crippen molar-refractivity contribution in [2.24, 2.45) is 0 Å². The molecule has 2 amide bonds. The number of anilines is 1. The van der Waals surface area contributed by atoms with Crippen LogP contribution in [0.3, 0.4) is 0 Å². The monoisotopic (exact) mass is 231 g/mol. The molecule has 0 bridgehead atoms. The number of hydrogen-bond acceptors (Lipinski definition) is 2. The molecule has 2 rings (SSSR count). The van der Waals surface area contributed by atoms with Crippen molar-refractivity contribution in [1.29, 1.82) is 0 Å². The Morgan fingerprint density at radius 2 is 1.29 bits per heavy atom. The summed E-state index contributed by atoms with van der Waals surface area (Å²) in [7, 11) is 0. The Kier molecular flexibility index (Phi) is 3.51. The molecule has 1 aliphatic heterocycles. The minimum absolute atomic E-state index is 0. The van der Waals surface area contributed by atoms with E-state index < -0.39 is 0 Å². The van der Waals surface area contributed by atoms with E-state index in [0.29, 0.717) is 5.69 Å². The van der Waals surface area contributed by atoms with Gasteiger partial charge in [0.2, 0.25) is 0 Å². The highest BCUT2D eigenvalue weighted by atomic mass is 16.2. The molecule has 0 radical (unpaired) electrons. The molecule has 90 valence electrons. The molecule has 3 nitrogen and oxygen atoms in total. The lowest BCUT2D eigenvalue weighted by atomic mass is 10.0. The number of carbonyl (C=O) groups is 2. The van der Waals surface area contributed by atoms with Gasteiger partial charge < -0.3 is 0 Å². The van der Waals surface area contributed by atoms with E-state index in [-0.39, 0.29) is 19.2 Å². The van der Waals surface area contributed by atoms with Crippen LogP contribution in [0.2, 0.25) is 0 Å². The Labute approximate surface area is 102 Å². The third-order valence-electron chi connectivity index (χ3n) is 2.67. The maximum Gasteiger partial charge on any atom is 0.258 e. The zero-order valence-corrected chi connectivity index (χ0v) is 9.57. The normalized spacial score (nSPS) is 14.2. The van der Waals surface area contributed by atoms with E-state index in [9.17, 15) is 9.59 Å². The van der Waals surface area contributed by atoms with E-state index in [1.807, 2.05) is 32.9 Å². The number of benzene rings is 1. The fraction of sp³-hybridized carbons (Fsp3) is 0.286. The van der Waals surface area contributed by atoms with Crippen molar-refractivity contribution in [3.05, 3.63) is 41.0 Å². The molecule has 3 heteroatoms. The second-order valence-corrected chi connectivity index (χ2v) is 4.09. The summed E-state index contributed by atoms with van der Waals surface area (Å²) in [6, 6.07) is 3.95. The van der Waals surface area contributed by atoms with Crippen molar-refractivity contribution in [3.63, 3.8) is 0 Å². The molecular formula is C14H17NO2. The molecule has 0 fully saturated rings. The van der Waals surface area contributed by atoms with Gasteiger partial charge in [-0.2, -0.15) is 0 Å². The molecule has 0 spiro atoms. The van der Waals surface area contributed by atoms with Gasteiger partial charge in [0, 0.05) is 12.2 Å². The molecule has 17 heavy (non-hydrogen) atoms. The van der Waals surface area contributed by atoms with Gasteiger partial charge in [-0.3, -0.25) is 9.59 Å². The second kappa shape index (κ2) is 4.53. The molecule has 0 N–H and O–H groups in total. The van der Waals surface area contributed by atoms with Gasteiger partial charge >= 0.3 is 0 Å². The van der Waals surface area contributed by atoms with Crippen LogP contribution >= 0.6 is 0 Å². The molecular weight excluding hydrogens is 214 g/mol. The summed E-state index contributed by atoms with van der Waals surface area (Å²) >= 11 is 0. The van der Waals surface area contributed by atoms with Crippen molar-refractivity contribution in [1.82, 2.24) is 0 Å². The smallest absolute Gasteiger partial charge is 0.258 e. The van der Waals surface area contributed by atoms with Gasteiger partial charge in [0.1, 0.15) is 0 Å². The maximum atomic E-state index is 11.6. The van der Waals surface area contributed by atoms with Crippen LogP contribution in [0.25, 0.3) is 0 Å². The lowest BCUT2D eigenvalue weighted by Crippen LogP contribution is -2.31. The summed E-state index contributed by atoms with van der Waals surface area (Å²) in [5.41, 5.74) is 3.74. The number of rotatable bonds is 1. The third kappa shape index (κ3) is 2.13. The summed E-state index contributed by atoms with van der Waals surface area (Å²) in [6.45, 7) is 5.82. The van der Waals surface area contributed by atoms with Crippen LogP contribution in [0, 0.1) is 20.8 Å². The fourth-order valence-electron chi connectivity index (χ4n) is 2.15. The Hall–Kier alpha value is -1.90. The molecule has 1 aromatic carbocycles. The highest BCUT2D eigenvalue weighted by molar-refractivity contribution is 6.28. The average Bonchev–Trinajstić information content (AvgIpc) is 2.47. The number of carbonyl (C=O) groups excluding carboxylic acids is 2. The summed E-state index contributed by atoms with van der Waals surface area (Å²) < 4.78 is 0. The SMILES string of the molecule is C.Cc1cc(C)c(N2C(=O)C=CC2=O)c(C)c1. The van der Waals surface area contributed by atoms with E-state index in [4.69, 9.17) is 0 Å². The van der Waals surface area contributed by atoms with Gasteiger partial charge in [0.25, 0.3) is 11.8 Å². The van der Waals surface area contributed by atoms with Gasteiger partial charge in [0.05, 0.1) is 5.69 Å². The first kappa shape index (κ1) is 13.2. The predicted molar refractivity (Wildman–Crippen MR) is 69.0 cm³/mol. The topological polar surface area (TPSA) is 37.4 Å². The molecule has 0 aromatic heterocycles. The van der Waals surface area contributed by atoms with Crippen LogP contribution in [0.5, 0.6) is 0 Å². The largest absolute Gasteiger partial charge is 0.269 e. The molecule has 0 unspecified atom stereocenters. The first-order chi connectivity index (χ1) is 7.50. The number of nitrogens with zero attached hydrogens (tertiary/aromatic N) is 1. The van der Waals surface area contributed by atoms with E-state index in [2.05, 4.69) is 0 Å². The van der Waals surface area contributed by atoms with Gasteiger partial charge in [0.15, 0.2) is 0 Å². The van der Waals surface area contributed by atoms with Crippen LogP contribution in [-0.4, -0.2) is 11.8 Å². The Balaban J connectivity index is 0.00000144. The van der Waals surface area contributed by atoms with Crippen LogP contribution < -0.4 is 4.90 Å². The first-order valence-electron chi connectivity index (χ1n) is 5.14. The summed E-state index contributed by atoms with van der Waals surface area (Å²) in [6.07, 6.45) is 2.61. The average molecular weight is 231 g/mol. The van der Waals surface area contributed by atoms with Crippen molar-refractivity contribution < 1.29 is 9.59 Å². The van der Waals surface area contributed by atoms with Gasteiger partial charge in [-0.1, -0.05) is 25.1 Å². The minimum Gasteiger partial charge on any atom is -0.269 e. The second-order valence-electron chi connectivity index (χ2n) is 4.09. The number of imide groups is 1. The van der Waals surface area contributed by atoms with E-state index in [1.165, 1.54) is 17.1 Å². The van der Waals surface area contributed by atoms with Gasteiger partial charge in [-0.25, -0.2) is 4.90 Å². The van der Waals surface area contributed by atoms with Gasteiger partial charge in [-0.05, 0) is 31.9 Å². The maximum absolute atomic E-state index is 11.6. The molecule has 1 heterocycles. The van der Waals surface area contributed by atoms with Crippen LogP contribution in [0.1, 0.15) is 24.1 Å². The Morgan fingerprint density at radius 3 is 1.71 bits per heavy atom.